The highest BCUT2D eigenvalue weighted by Gasteiger charge is 2.23. The van der Waals surface area contributed by atoms with E-state index in [1.165, 1.54) is 35.1 Å². The number of carbonyl (C=O) groups excluding carboxylic acids is 1. The third kappa shape index (κ3) is 3.44. The number of fused-ring (bicyclic) bond motifs is 2. The summed E-state index contributed by atoms with van der Waals surface area (Å²) in [5, 5.41) is 8.56. The Bertz CT molecular complexity index is 1940. The maximum Gasteiger partial charge on any atom is 0.269 e. The topological polar surface area (TPSA) is 146 Å². The maximum absolute atomic E-state index is 16.1. The Morgan fingerprint density at radius 3 is 2.54 bits per heavy atom. The van der Waals surface area contributed by atoms with Gasteiger partial charge in [0.05, 0.1) is 11.1 Å². The van der Waals surface area contributed by atoms with E-state index in [2.05, 4.69) is 15.2 Å². The zero-order valence-electron chi connectivity index (χ0n) is 18.8. The number of hydrogen-bond donors (Lipinski definition) is 3. The molecule has 5 N–H and O–H groups in total. The Morgan fingerprint density at radius 1 is 0.973 bits per heavy atom. The number of carbonyl (C=O) groups is 1. The number of amides is 1. The zero-order chi connectivity index (χ0) is 25.8. The molecule has 0 saturated heterocycles. The molecular weight excluding hydrogens is 482 g/mol. The molecule has 11 heteroatoms. The van der Waals surface area contributed by atoms with Gasteiger partial charge in [-0.2, -0.15) is 5.10 Å². The van der Waals surface area contributed by atoms with Crippen molar-refractivity contribution in [3.8, 4) is 27.9 Å². The lowest BCUT2D eigenvalue weighted by molar-refractivity contribution is 0.0996. The van der Waals surface area contributed by atoms with Gasteiger partial charge in [-0.05, 0) is 48.0 Å². The number of rotatable bonds is 4. The van der Waals surface area contributed by atoms with Crippen LogP contribution in [0.15, 0.2) is 76.2 Å². The highest BCUT2D eigenvalue weighted by molar-refractivity contribution is 6.05. The highest BCUT2D eigenvalue weighted by atomic mass is 19.1. The van der Waals surface area contributed by atoms with E-state index in [9.17, 15) is 9.59 Å². The van der Waals surface area contributed by atoms with Gasteiger partial charge in [0, 0.05) is 28.3 Å². The van der Waals surface area contributed by atoms with E-state index in [0.29, 0.717) is 22.2 Å². The van der Waals surface area contributed by atoms with Crippen LogP contribution in [0.5, 0.6) is 0 Å². The van der Waals surface area contributed by atoms with E-state index in [-0.39, 0.29) is 44.7 Å². The third-order valence-electron chi connectivity index (χ3n) is 6.13. The molecule has 0 bridgehead atoms. The van der Waals surface area contributed by atoms with Crippen LogP contribution in [0.4, 0.5) is 14.6 Å². The second kappa shape index (κ2) is 8.12. The van der Waals surface area contributed by atoms with Crippen molar-refractivity contribution in [2.45, 2.75) is 0 Å². The van der Waals surface area contributed by atoms with Crippen LogP contribution in [-0.4, -0.2) is 25.8 Å². The predicted molar refractivity (Wildman–Crippen MR) is 133 cm³/mol. The van der Waals surface area contributed by atoms with Gasteiger partial charge in [0.2, 0.25) is 0 Å². The van der Waals surface area contributed by atoms with E-state index >= 15 is 8.78 Å². The molecular formula is C26H16F2N6O3. The molecule has 6 aromatic rings. The van der Waals surface area contributed by atoms with Gasteiger partial charge >= 0.3 is 0 Å². The molecule has 0 atom stereocenters. The van der Waals surface area contributed by atoms with Crippen molar-refractivity contribution >= 4 is 33.6 Å². The summed E-state index contributed by atoms with van der Waals surface area (Å²) in [6.07, 6.45) is 1.47. The van der Waals surface area contributed by atoms with Crippen LogP contribution in [-0.2, 0) is 0 Å². The lowest BCUT2D eigenvalue weighted by Gasteiger charge is -2.10. The molecule has 37 heavy (non-hydrogen) atoms. The maximum atomic E-state index is 16.1. The summed E-state index contributed by atoms with van der Waals surface area (Å²) in [6.45, 7) is 0. The predicted octanol–water partition coefficient (Wildman–Crippen LogP) is 4.15. The first-order valence-corrected chi connectivity index (χ1v) is 11.0. The molecule has 0 aliphatic rings. The summed E-state index contributed by atoms with van der Waals surface area (Å²) in [6, 6.07) is 14.8. The van der Waals surface area contributed by atoms with E-state index in [4.69, 9.17) is 16.0 Å². The number of aromatic amines is 1. The second-order valence-electron chi connectivity index (χ2n) is 8.30. The minimum Gasteiger partial charge on any atom is -0.380 e. The van der Waals surface area contributed by atoms with Gasteiger partial charge in [0.1, 0.15) is 11.3 Å². The number of primary amides is 1. The molecule has 0 aliphatic carbocycles. The summed E-state index contributed by atoms with van der Waals surface area (Å²) in [7, 11) is 0. The molecule has 182 valence electrons. The molecule has 3 aromatic carbocycles. The van der Waals surface area contributed by atoms with Crippen molar-refractivity contribution in [1.29, 1.82) is 0 Å². The lowest BCUT2D eigenvalue weighted by atomic mass is 9.98. The first-order valence-electron chi connectivity index (χ1n) is 11.0. The summed E-state index contributed by atoms with van der Waals surface area (Å²) in [5.74, 6) is -2.28. The van der Waals surface area contributed by atoms with Crippen molar-refractivity contribution < 1.29 is 18.1 Å². The van der Waals surface area contributed by atoms with Crippen LogP contribution in [0.3, 0.4) is 0 Å². The fraction of sp³-hybridized carbons (Fsp3) is 0. The summed E-state index contributed by atoms with van der Waals surface area (Å²) in [4.78, 5) is 26.7. The van der Waals surface area contributed by atoms with Crippen LogP contribution in [0.1, 0.15) is 10.5 Å². The summed E-state index contributed by atoms with van der Waals surface area (Å²) < 4.78 is 37.7. The number of nitrogens with one attached hydrogen (secondary N) is 1. The monoisotopic (exact) mass is 498 g/mol. The number of aromatic nitrogens is 4. The first kappa shape index (κ1) is 22.2. The van der Waals surface area contributed by atoms with Crippen LogP contribution in [0.2, 0.25) is 0 Å². The SMILES string of the molecule is NC(=O)c1nn(-c2ccc3onc(N)c3c2)c2c(F)c(-c3ccc(-c4ccc[nH]c4=O)cc3F)ccc12. The first-order chi connectivity index (χ1) is 17.8. The average molecular weight is 498 g/mol. The number of hydrogen-bond acceptors (Lipinski definition) is 6. The highest BCUT2D eigenvalue weighted by Crippen LogP contribution is 2.35. The van der Waals surface area contributed by atoms with Crippen LogP contribution in [0.25, 0.3) is 49.8 Å². The van der Waals surface area contributed by atoms with E-state index < -0.39 is 17.5 Å². The van der Waals surface area contributed by atoms with Gasteiger partial charge < -0.3 is 21.0 Å². The van der Waals surface area contributed by atoms with Gasteiger partial charge in [-0.25, -0.2) is 13.5 Å². The summed E-state index contributed by atoms with van der Waals surface area (Å²) >= 11 is 0. The van der Waals surface area contributed by atoms with Gasteiger partial charge in [0.25, 0.3) is 11.5 Å². The van der Waals surface area contributed by atoms with Crippen molar-refractivity contribution in [2.24, 2.45) is 5.73 Å². The van der Waals surface area contributed by atoms with Gasteiger partial charge in [-0.3, -0.25) is 9.59 Å². The Labute approximate surface area is 205 Å². The van der Waals surface area contributed by atoms with Crippen molar-refractivity contribution in [3.63, 3.8) is 0 Å². The number of nitrogen functional groups attached to an aromatic ring is 1. The molecule has 0 spiro atoms. The largest absolute Gasteiger partial charge is 0.380 e. The van der Waals surface area contributed by atoms with Gasteiger partial charge in [-0.15, -0.1) is 0 Å². The lowest BCUT2D eigenvalue weighted by Crippen LogP contribution is -2.12. The number of nitrogens with zero attached hydrogens (tertiary/aromatic N) is 3. The minimum absolute atomic E-state index is 0.0392. The Morgan fingerprint density at radius 2 is 1.78 bits per heavy atom. The molecule has 3 heterocycles. The van der Waals surface area contributed by atoms with Crippen LogP contribution >= 0.6 is 0 Å². The number of nitrogens with two attached hydrogens (primary N) is 2. The van der Waals surface area contributed by atoms with E-state index in [1.54, 1.807) is 30.3 Å². The molecule has 0 saturated carbocycles. The summed E-state index contributed by atoms with van der Waals surface area (Å²) in [5.41, 5.74) is 12.0. The van der Waals surface area contributed by atoms with E-state index in [0.717, 1.165) is 6.07 Å². The Hall–Kier alpha value is -5.32. The molecule has 0 aliphatic heterocycles. The van der Waals surface area contributed by atoms with Crippen molar-refractivity contribution in [3.05, 3.63) is 94.5 Å². The average Bonchev–Trinajstić information content (AvgIpc) is 3.46. The van der Waals surface area contributed by atoms with E-state index in [1.807, 2.05) is 0 Å². The van der Waals surface area contributed by atoms with Gasteiger partial charge in [0.15, 0.2) is 22.9 Å². The molecule has 6 rings (SSSR count). The Balaban J connectivity index is 1.56. The van der Waals surface area contributed by atoms with Crippen molar-refractivity contribution in [1.82, 2.24) is 19.9 Å². The Kier molecular flexibility index (Phi) is 4.87. The number of benzene rings is 3. The number of H-pyrrole nitrogens is 1. The normalized spacial score (nSPS) is 11.4. The van der Waals surface area contributed by atoms with Crippen LogP contribution in [0, 0.1) is 11.6 Å². The molecule has 3 aromatic heterocycles. The molecule has 1 amide bonds. The fourth-order valence-corrected chi connectivity index (χ4v) is 4.37. The standard InChI is InChI=1S/C26H16F2N6O3/c27-19-10-12(14-2-1-9-31-26(14)36)3-5-15(19)16-6-7-17-22(25(30)35)32-34(23(17)21(16)28)13-4-8-20-18(11-13)24(29)33-37-20/h1-11H,(H2,29,33)(H2,30,35)(H,31,36). The minimum atomic E-state index is -0.856. The third-order valence-corrected chi connectivity index (χ3v) is 6.13. The smallest absolute Gasteiger partial charge is 0.269 e. The molecule has 0 unspecified atom stereocenters. The second-order valence-corrected chi connectivity index (χ2v) is 8.30. The number of anilines is 1. The zero-order valence-corrected chi connectivity index (χ0v) is 18.8. The van der Waals surface area contributed by atoms with Crippen molar-refractivity contribution in [2.75, 3.05) is 5.73 Å². The molecule has 0 radical (unpaired) electrons. The molecule has 9 nitrogen and oxygen atoms in total. The quantitative estimate of drug-likeness (QED) is 0.333. The number of pyridine rings is 1. The number of halogens is 2. The van der Waals surface area contributed by atoms with Gasteiger partial charge in [-0.1, -0.05) is 23.4 Å². The fourth-order valence-electron chi connectivity index (χ4n) is 4.37. The van der Waals surface area contributed by atoms with Crippen LogP contribution < -0.4 is 17.0 Å². The molecule has 0 fully saturated rings.